The topological polar surface area (TPSA) is 93.5 Å². The zero-order chi connectivity index (χ0) is 23.4. The number of rotatable bonds is 5. The van der Waals surface area contributed by atoms with Gasteiger partial charge < -0.3 is 19.7 Å². The average molecular weight is 451 g/mol. The summed E-state index contributed by atoms with van der Waals surface area (Å²) in [4.78, 5) is 29.8. The van der Waals surface area contributed by atoms with E-state index in [9.17, 15) is 19.1 Å². The van der Waals surface area contributed by atoms with E-state index in [2.05, 4.69) is 19.2 Å². The molecule has 0 radical (unpaired) electrons. The highest BCUT2D eigenvalue weighted by atomic mass is 19.1. The predicted molar refractivity (Wildman–Crippen MR) is 121 cm³/mol. The summed E-state index contributed by atoms with van der Waals surface area (Å²) < 4.78 is 21.0. The number of nitrogens with zero attached hydrogens (tertiary/aromatic N) is 2. The van der Waals surface area contributed by atoms with Crippen LogP contribution in [0.15, 0.2) is 23.0 Å². The molecule has 0 bridgehead atoms. The zero-order valence-electron chi connectivity index (χ0n) is 18.9. The van der Waals surface area contributed by atoms with E-state index < -0.39 is 12.1 Å². The lowest BCUT2D eigenvalue weighted by molar-refractivity contribution is -0.157. The van der Waals surface area contributed by atoms with Crippen molar-refractivity contribution in [3.8, 4) is 11.4 Å². The summed E-state index contributed by atoms with van der Waals surface area (Å²) in [6.45, 7) is 6.95. The third-order valence-corrected chi connectivity index (χ3v) is 6.51. The lowest BCUT2D eigenvalue weighted by Gasteiger charge is -2.21. The van der Waals surface area contributed by atoms with Gasteiger partial charge in [0.05, 0.1) is 29.0 Å². The summed E-state index contributed by atoms with van der Waals surface area (Å²) in [5.74, 6) is -1.10. The van der Waals surface area contributed by atoms with Crippen molar-refractivity contribution in [1.29, 1.82) is 0 Å². The number of carbonyl (C=O) groups is 1. The Bertz CT molecular complexity index is 1360. The number of hydrogen-bond acceptors (Lipinski definition) is 6. The van der Waals surface area contributed by atoms with Crippen LogP contribution in [0.4, 0.5) is 4.39 Å². The van der Waals surface area contributed by atoms with Crippen LogP contribution < -0.4 is 10.9 Å². The van der Waals surface area contributed by atoms with Crippen LogP contribution in [0.5, 0.6) is 0 Å². The second-order valence-corrected chi connectivity index (χ2v) is 9.11. The lowest BCUT2D eigenvalue weighted by atomic mass is 9.95. The Morgan fingerprint density at radius 1 is 1.27 bits per heavy atom. The van der Waals surface area contributed by atoms with Gasteiger partial charge in [0.2, 0.25) is 0 Å². The highest BCUT2D eigenvalue weighted by Crippen LogP contribution is 2.38. The summed E-state index contributed by atoms with van der Waals surface area (Å²) in [5, 5.41) is 14.6. The molecule has 8 heteroatoms. The Labute approximate surface area is 190 Å². The Balaban J connectivity index is 1.68. The number of pyridine rings is 2. The molecule has 5 rings (SSSR count). The third-order valence-electron chi connectivity index (χ3n) is 6.51. The van der Waals surface area contributed by atoms with Crippen molar-refractivity contribution in [3.05, 3.63) is 62.2 Å². The molecule has 1 atom stereocenters. The van der Waals surface area contributed by atoms with Gasteiger partial charge in [-0.1, -0.05) is 13.8 Å². The quantitative estimate of drug-likeness (QED) is 0.358. The van der Waals surface area contributed by atoms with Crippen LogP contribution in [0.2, 0.25) is 0 Å². The van der Waals surface area contributed by atoms with Gasteiger partial charge in [0.25, 0.3) is 5.56 Å². The maximum atomic E-state index is 14.4. The molecule has 33 heavy (non-hydrogen) atoms. The first-order valence-electron chi connectivity index (χ1n) is 11.2. The Hall–Kier alpha value is -3.10. The van der Waals surface area contributed by atoms with Crippen molar-refractivity contribution in [2.24, 2.45) is 0 Å². The van der Waals surface area contributed by atoms with Crippen LogP contribution >= 0.6 is 0 Å². The summed E-state index contributed by atoms with van der Waals surface area (Å²) in [6.07, 6.45) is 0.125. The summed E-state index contributed by atoms with van der Waals surface area (Å²) in [7, 11) is 0. The molecule has 2 aliphatic rings. The average Bonchev–Trinajstić information content (AvgIpc) is 3.13. The number of cyclic esters (lactones) is 1. The molecule has 0 fully saturated rings. The van der Waals surface area contributed by atoms with Gasteiger partial charge in [0.15, 0.2) is 6.10 Å². The minimum absolute atomic E-state index is 0.159. The number of benzene rings is 1. The molecule has 2 N–H and O–H groups in total. The number of nitrogens with one attached hydrogen (secondary N) is 1. The summed E-state index contributed by atoms with van der Waals surface area (Å²) >= 11 is 0. The SMILES string of the molecule is Cc1cc2c(CCCNC(C)C)c3c(nc2cc1F)-c1cc2c(c(=O)n1C3)COC(=O)[C@H]2O. The molecule has 2 aliphatic heterocycles. The maximum Gasteiger partial charge on any atom is 0.340 e. The fraction of sp³-hybridized carbons (Fsp3) is 0.400. The normalized spacial score (nSPS) is 16.7. The Morgan fingerprint density at radius 2 is 2.06 bits per heavy atom. The van der Waals surface area contributed by atoms with Gasteiger partial charge in [-0.05, 0) is 49.6 Å². The smallest absolute Gasteiger partial charge is 0.340 e. The number of hydrogen-bond donors (Lipinski definition) is 2. The second kappa shape index (κ2) is 8.04. The van der Waals surface area contributed by atoms with E-state index in [1.54, 1.807) is 17.6 Å². The molecule has 0 spiro atoms. The van der Waals surface area contributed by atoms with E-state index >= 15 is 0 Å². The van der Waals surface area contributed by atoms with Gasteiger partial charge in [-0.15, -0.1) is 0 Å². The lowest BCUT2D eigenvalue weighted by Crippen LogP contribution is -2.32. The van der Waals surface area contributed by atoms with Crippen molar-refractivity contribution in [2.45, 2.75) is 58.9 Å². The number of carbonyl (C=O) groups excluding carboxylic acids is 1. The molecule has 0 unspecified atom stereocenters. The molecule has 3 aromatic rings. The van der Waals surface area contributed by atoms with Gasteiger partial charge >= 0.3 is 5.97 Å². The molecule has 7 nitrogen and oxygen atoms in total. The molecule has 0 aliphatic carbocycles. The van der Waals surface area contributed by atoms with Crippen LogP contribution in [0.3, 0.4) is 0 Å². The van der Waals surface area contributed by atoms with Crippen LogP contribution in [0.1, 0.15) is 54.2 Å². The molecule has 172 valence electrons. The van der Waals surface area contributed by atoms with Crippen molar-refractivity contribution < 1.29 is 19.0 Å². The van der Waals surface area contributed by atoms with Crippen LogP contribution in [-0.2, 0) is 29.1 Å². The molecule has 2 aromatic heterocycles. The zero-order valence-corrected chi connectivity index (χ0v) is 18.9. The minimum atomic E-state index is -1.50. The van der Waals surface area contributed by atoms with Gasteiger partial charge in [-0.3, -0.25) is 4.79 Å². The van der Waals surface area contributed by atoms with Crippen LogP contribution in [-0.4, -0.2) is 33.2 Å². The highest BCUT2D eigenvalue weighted by Gasteiger charge is 2.34. The van der Waals surface area contributed by atoms with Gasteiger partial charge in [0.1, 0.15) is 12.4 Å². The van der Waals surface area contributed by atoms with E-state index in [-0.39, 0.29) is 29.1 Å². The molecule has 0 amide bonds. The number of halogens is 1. The third kappa shape index (κ3) is 3.54. The fourth-order valence-corrected chi connectivity index (χ4v) is 4.78. The van der Waals surface area contributed by atoms with Crippen molar-refractivity contribution in [3.63, 3.8) is 0 Å². The van der Waals surface area contributed by atoms with Crippen molar-refractivity contribution >= 4 is 16.9 Å². The monoisotopic (exact) mass is 451 g/mol. The molecular weight excluding hydrogens is 425 g/mol. The van der Waals surface area contributed by atoms with Crippen LogP contribution in [0.25, 0.3) is 22.3 Å². The molecule has 4 heterocycles. The standard InChI is InChI=1S/C25H26FN3O4/c1-12(2)27-6-4-5-14-15-7-13(3)19(26)9-20(15)28-22-17(14)10-29-21(22)8-16-18(24(29)31)11-33-25(32)23(16)30/h7-9,12,23,27,30H,4-6,10-11H2,1-3H3/t23-/m0/s1. The van der Waals surface area contributed by atoms with E-state index in [0.717, 1.165) is 35.9 Å². The number of aliphatic hydroxyl groups excluding tert-OH is 1. The largest absolute Gasteiger partial charge is 0.458 e. The first-order chi connectivity index (χ1) is 15.8. The van der Waals surface area contributed by atoms with E-state index in [4.69, 9.17) is 9.72 Å². The second-order valence-electron chi connectivity index (χ2n) is 9.11. The number of aryl methyl sites for hydroxylation is 2. The van der Waals surface area contributed by atoms with E-state index in [0.29, 0.717) is 35.1 Å². The van der Waals surface area contributed by atoms with Crippen molar-refractivity contribution in [2.75, 3.05) is 6.54 Å². The first-order valence-corrected chi connectivity index (χ1v) is 11.2. The van der Waals surface area contributed by atoms with Gasteiger partial charge in [-0.2, -0.15) is 0 Å². The van der Waals surface area contributed by atoms with Crippen molar-refractivity contribution in [1.82, 2.24) is 14.9 Å². The summed E-state index contributed by atoms with van der Waals surface area (Å²) in [5.41, 5.74) is 4.44. The van der Waals surface area contributed by atoms with E-state index in [1.807, 2.05) is 6.07 Å². The predicted octanol–water partition coefficient (Wildman–Crippen LogP) is 2.89. The number of esters is 1. The highest BCUT2D eigenvalue weighted by molar-refractivity contribution is 5.89. The minimum Gasteiger partial charge on any atom is -0.458 e. The Morgan fingerprint density at radius 3 is 2.82 bits per heavy atom. The Kier molecular flexibility index (Phi) is 5.29. The van der Waals surface area contributed by atoms with Gasteiger partial charge in [0, 0.05) is 28.6 Å². The fourth-order valence-electron chi connectivity index (χ4n) is 4.78. The molecule has 1 aromatic carbocycles. The number of fused-ring (bicyclic) bond motifs is 5. The van der Waals surface area contributed by atoms with Crippen LogP contribution in [0, 0.1) is 12.7 Å². The maximum absolute atomic E-state index is 14.4. The molecular formula is C25H26FN3O4. The summed E-state index contributed by atoms with van der Waals surface area (Å²) in [6, 6.07) is 5.30. The first kappa shape index (κ1) is 21.7. The molecule has 0 saturated heterocycles. The number of ether oxygens (including phenoxy) is 1. The molecule has 0 saturated carbocycles. The number of aliphatic hydroxyl groups is 1. The number of aromatic nitrogens is 2. The van der Waals surface area contributed by atoms with Gasteiger partial charge in [-0.25, -0.2) is 14.2 Å². The van der Waals surface area contributed by atoms with E-state index in [1.165, 1.54) is 6.07 Å².